The molecule has 0 heterocycles. The molecule has 1 aliphatic rings. The van der Waals surface area contributed by atoms with Crippen LogP contribution in [0.15, 0.2) is 42.1 Å². The first kappa shape index (κ1) is 12.6. The highest BCUT2D eigenvalue weighted by atomic mass is 28.3. The van der Waals surface area contributed by atoms with E-state index in [2.05, 4.69) is 55.2 Å². The van der Waals surface area contributed by atoms with Crippen molar-refractivity contribution >= 4 is 13.3 Å². The number of hydrogen-bond acceptors (Lipinski definition) is 0. The van der Waals surface area contributed by atoms with Crippen LogP contribution in [0.25, 0.3) is 0 Å². The Hall–Kier alpha value is -0.823. The fourth-order valence-corrected chi connectivity index (χ4v) is 4.66. The Morgan fingerprint density at radius 3 is 2.29 bits per heavy atom. The molecule has 0 atom stereocenters. The van der Waals surface area contributed by atoms with Gasteiger partial charge in [-0.15, -0.1) is 0 Å². The first-order chi connectivity index (χ1) is 8.18. The molecule has 17 heavy (non-hydrogen) atoms. The lowest BCUT2D eigenvalue weighted by atomic mass is 9.90. The Morgan fingerprint density at radius 2 is 1.65 bits per heavy atom. The molecule has 0 unspecified atom stereocenters. The minimum atomic E-state index is -1.34. The molecule has 1 aliphatic carbocycles. The summed E-state index contributed by atoms with van der Waals surface area (Å²) < 4.78 is 0. The second kappa shape index (κ2) is 5.68. The van der Waals surface area contributed by atoms with Gasteiger partial charge in [0.25, 0.3) is 0 Å². The van der Waals surface area contributed by atoms with E-state index in [4.69, 9.17) is 0 Å². The lowest BCUT2D eigenvalue weighted by molar-refractivity contribution is 0.419. The van der Waals surface area contributed by atoms with E-state index in [1.165, 1.54) is 32.1 Å². The van der Waals surface area contributed by atoms with Crippen molar-refractivity contribution in [3.63, 3.8) is 0 Å². The Kier molecular flexibility index (Phi) is 4.22. The normalized spacial score (nSPS) is 18.7. The highest BCUT2D eigenvalue weighted by molar-refractivity contribution is 6.93. The molecule has 0 amide bonds. The largest absolute Gasteiger partial charge is 0.103 e. The summed E-state index contributed by atoms with van der Waals surface area (Å²) in [6, 6.07) is 11.0. The van der Waals surface area contributed by atoms with E-state index < -0.39 is 8.07 Å². The van der Waals surface area contributed by atoms with Gasteiger partial charge in [-0.3, -0.25) is 0 Å². The van der Waals surface area contributed by atoms with Crippen molar-refractivity contribution in [1.82, 2.24) is 0 Å². The summed E-state index contributed by atoms with van der Waals surface area (Å²) in [5.74, 6) is 0.860. The zero-order valence-electron chi connectivity index (χ0n) is 11.2. The molecule has 92 valence electrons. The van der Waals surface area contributed by atoms with Gasteiger partial charge in [0.2, 0.25) is 0 Å². The van der Waals surface area contributed by atoms with Gasteiger partial charge in [0, 0.05) is 0 Å². The molecule has 0 radical (unpaired) electrons. The zero-order chi connectivity index (χ0) is 12.1. The minimum absolute atomic E-state index is 0.860. The summed E-state index contributed by atoms with van der Waals surface area (Å²) in [6.07, 6.45) is 9.67. The number of rotatable bonds is 3. The lowest BCUT2D eigenvalue weighted by Gasteiger charge is -2.22. The van der Waals surface area contributed by atoms with Gasteiger partial charge >= 0.3 is 0 Å². The van der Waals surface area contributed by atoms with Crippen LogP contribution in [0.2, 0.25) is 13.1 Å². The second-order valence-corrected chi connectivity index (χ2v) is 10.2. The van der Waals surface area contributed by atoms with Crippen molar-refractivity contribution in [2.45, 2.75) is 45.2 Å². The van der Waals surface area contributed by atoms with E-state index in [1.54, 1.807) is 5.19 Å². The average molecular weight is 244 g/mol. The lowest BCUT2D eigenvalue weighted by Crippen LogP contribution is -2.39. The monoisotopic (exact) mass is 244 g/mol. The van der Waals surface area contributed by atoms with Crippen LogP contribution in [0.1, 0.15) is 32.1 Å². The van der Waals surface area contributed by atoms with Gasteiger partial charge in [0.1, 0.15) is 8.07 Å². The second-order valence-electron chi connectivity index (χ2n) is 5.84. The number of allylic oxidation sites excluding steroid dienone is 1. The Labute approximate surface area is 107 Å². The fraction of sp³-hybridized carbons (Fsp3) is 0.500. The van der Waals surface area contributed by atoms with Crippen LogP contribution in [0.3, 0.4) is 0 Å². The van der Waals surface area contributed by atoms with Crippen LogP contribution in [0.4, 0.5) is 0 Å². The highest BCUT2D eigenvalue weighted by Crippen LogP contribution is 2.25. The zero-order valence-corrected chi connectivity index (χ0v) is 12.2. The van der Waals surface area contributed by atoms with Crippen LogP contribution in [0.5, 0.6) is 0 Å². The molecule has 0 N–H and O–H groups in total. The van der Waals surface area contributed by atoms with Crippen LogP contribution in [0, 0.1) is 5.92 Å². The van der Waals surface area contributed by atoms with Gasteiger partial charge in [-0.2, -0.15) is 0 Å². The van der Waals surface area contributed by atoms with E-state index in [-0.39, 0.29) is 0 Å². The maximum atomic E-state index is 2.55. The molecule has 1 saturated carbocycles. The maximum Gasteiger partial charge on any atom is 0.103 e. The molecule has 0 bridgehead atoms. The topological polar surface area (TPSA) is 0 Å². The summed E-state index contributed by atoms with van der Waals surface area (Å²) in [7, 11) is -1.34. The standard InChI is InChI=1S/C16H24Si/c1-17(2,16-11-7-4-8-12-16)14-13-15-9-5-3-6-10-15/h4,7-8,11-15H,3,5-6,9-10H2,1-2H3/b14-13+. The molecule has 1 aromatic carbocycles. The first-order valence-corrected chi connectivity index (χ1v) is 10.0. The van der Waals surface area contributed by atoms with Crippen LogP contribution < -0.4 is 5.19 Å². The SMILES string of the molecule is C[Si](C)(/C=C/C1CCCCC1)c1ccccc1. The Bertz CT molecular complexity index is 358. The van der Waals surface area contributed by atoms with Gasteiger partial charge < -0.3 is 0 Å². The van der Waals surface area contributed by atoms with E-state index in [1.807, 2.05) is 0 Å². The number of benzene rings is 1. The fourth-order valence-electron chi connectivity index (χ4n) is 2.67. The Balaban J connectivity index is 2.03. The number of hydrogen-bond donors (Lipinski definition) is 0. The molecule has 0 aromatic heterocycles. The van der Waals surface area contributed by atoms with Crippen LogP contribution in [-0.4, -0.2) is 8.07 Å². The van der Waals surface area contributed by atoms with Gasteiger partial charge in [-0.25, -0.2) is 0 Å². The molecule has 1 fully saturated rings. The third-order valence-electron chi connectivity index (χ3n) is 3.95. The molecule has 0 nitrogen and oxygen atoms in total. The highest BCUT2D eigenvalue weighted by Gasteiger charge is 2.20. The first-order valence-electron chi connectivity index (χ1n) is 6.93. The predicted octanol–water partition coefficient (Wildman–Crippen LogP) is 4.28. The minimum Gasteiger partial charge on any atom is -0.0940 e. The summed E-state index contributed by atoms with van der Waals surface area (Å²) >= 11 is 0. The molecular weight excluding hydrogens is 220 g/mol. The summed E-state index contributed by atoms with van der Waals surface area (Å²) in [5, 5.41) is 1.55. The van der Waals surface area contributed by atoms with Crippen molar-refractivity contribution in [3.05, 3.63) is 42.1 Å². The molecule has 0 spiro atoms. The van der Waals surface area contributed by atoms with Crippen molar-refractivity contribution in [3.8, 4) is 0 Å². The summed E-state index contributed by atoms with van der Waals surface area (Å²) in [5.41, 5.74) is 2.55. The molecule has 0 saturated heterocycles. The quantitative estimate of drug-likeness (QED) is 0.696. The van der Waals surface area contributed by atoms with Crippen molar-refractivity contribution in [1.29, 1.82) is 0 Å². The molecule has 1 aromatic rings. The van der Waals surface area contributed by atoms with Crippen molar-refractivity contribution in [2.24, 2.45) is 5.92 Å². The average Bonchev–Trinajstić information content (AvgIpc) is 2.39. The Morgan fingerprint density at radius 1 is 1.00 bits per heavy atom. The van der Waals surface area contributed by atoms with Crippen LogP contribution in [-0.2, 0) is 0 Å². The van der Waals surface area contributed by atoms with E-state index in [0.717, 1.165) is 5.92 Å². The van der Waals surface area contributed by atoms with E-state index in [9.17, 15) is 0 Å². The van der Waals surface area contributed by atoms with E-state index >= 15 is 0 Å². The van der Waals surface area contributed by atoms with Gasteiger partial charge in [0.05, 0.1) is 0 Å². The van der Waals surface area contributed by atoms with Gasteiger partial charge in [-0.05, 0) is 18.8 Å². The smallest absolute Gasteiger partial charge is 0.0940 e. The van der Waals surface area contributed by atoms with Crippen molar-refractivity contribution < 1.29 is 0 Å². The molecule has 0 aliphatic heterocycles. The predicted molar refractivity (Wildman–Crippen MR) is 79.3 cm³/mol. The summed E-state index contributed by atoms with van der Waals surface area (Å²) in [4.78, 5) is 0. The van der Waals surface area contributed by atoms with Gasteiger partial charge in [0.15, 0.2) is 0 Å². The molecule has 1 heteroatoms. The third kappa shape index (κ3) is 3.57. The van der Waals surface area contributed by atoms with Crippen molar-refractivity contribution in [2.75, 3.05) is 0 Å². The van der Waals surface area contributed by atoms with Crippen LogP contribution >= 0.6 is 0 Å². The molecule has 2 rings (SSSR count). The van der Waals surface area contributed by atoms with E-state index in [0.29, 0.717) is 0 Å². The summed E-state index contributed by atoms with van der Waals surface area (Å²) in [6.45, 7) is 4.89. The molecular formula is C16H24Si. The third-order valence-corrected chi connectivity index (χ3v) is 6.80. The maximum absolute atomic E-state index is 2.55. The van der Waals surface area contributed by atoms with Gasteiger partial charge in [-0.1, -0.05) is 79.7 Å².